The molecule has 2 N–H and O–H groups in total. The van der Waals surface area contributed by atoms with Crippen molar-refractivity contribution in [1.82, 2.24) is 0 Å². The molecular formula is C13H18O5. The molecule has 0 bridgehead atoms. The molecule has 1 aromatic rings. The second-order valence-electron chi connectivity index (χ2n) is 3.80. The van der Waals surface area contributed by atoms with Gasteiger partial charge in [-0.1, -0.05) is 18.2 Å². The lowest BCUT2D eigenvalue weighted by Gasteiger charge is -2.14. The van der Waals surface area contributed by atoms with Crippen molar-refractivity contribution in [2.45, 2.75) is 18.9 Å². The smallest absolute Gasteiger partial charge is 0.333 e. The van der Waals surface area contributed by atoms with Crippen LogP contribution in [0.3, 0.4) is 0 Å². The number of rotatable bonds is 8. The zero-order chi connectivity index (χ0) is 13.4. The van der Waals surface area contributed by atoms with Gasteiger partial charge >= 0.3 is 5.97 Å². The molecule has 1 aromatic carbocycles. The molecule has 0 aromatic heterocycles. The fraction of sp³-hybridized carbons (Fsp3) is 0.462. The predicted octanol–water partition coefficient (Wildman–Crippen LogP) is 1.09. The third-order valence-electron chi connectivity index (χ3n) is 2.50. The summed E-state index contributed by atoms with van der Waals surface area (Å²) in [5, 5.41) is 17.6. The Balaban J connectivity index is 2.71. The summed E-state index contributed by atoms with van der Waals surface area (Å²) in [5.74, 6) is -0.364. The third-order valence-corrected chi connectivity index (χ3v) is 2.50. The molecule has 0 heterocycles. The van der Waals surface area contributed by atoms with Crippen LogP contribution in [0.2, 0.25) is 0 Å². The van der Waals surface area contributed by atoms with E-state index in [0.717, 1.165) is 5.56 Å². The second-order valence-corrected chi connectivity index (χ2v) is 3.80. The molecule has 0 unspecified atom stereocenters. The van der Waals surface area contributed by atoms with E-state index in [1.165, 1.54) is 7.11 Å². The van der Waals surface area contributed by atoms with Gasteiger partial charge in [0.25, 0.3) is 0 Å². The molecule has 0 saturated heterocycles. The third kappa shape index (κ3) is 4.35. The topological polar surface area (TPSA) is 76.0 Å². The first-order valence-electron chi connectivity index (χ1n) is 5.76. The van der Waals surface area contributed by atoms with Gasteiger partial charge in [-0.2, -0.15) is 0 Å². The fourth-order valence-electron chi connectivity index (χ4n) is 1.53. The van der Waals surface area contributed by atoms with Crippen molar-refractivity contribution >= 4 is 5.97 Å². The SMILES string of the molecule is CO[C@@H](Cc1ccccc1OCCCO)C(=O)O. The molecule has 0 saturated carbocycles. The standard InChI is InChI=1S/C13H18O5/c1-17-12(13(15)16)9-10-5-2-3-6-11(10)18-8-4-7-14/h2-3,5-6,12,14H,4,7-9H2,1H3,(H,15,16)/t12-/m0/s1. The molecule has 0 radical (unpaired) electrons. The number of aliphatic hydroxyl groups excluding tert-OH is 1. The minimum Gasteiger partial charge on any atom is -0.493 e. The summed E-state index contributed by atoms with van der Waals surface area (Å²) in [7, 11) is 1.37. The van der Waals surface area contributed by atoms with Crippen LogP contribution in [-0.4, -0.2) is 42.6 Å². The second kappa shape index (κ2) is 7.68. The summed E-state index contributed by atoms with van der Waals surface area (Å²) in [6.07, 6.45) is -0.0881. The van der Waals surface area contributed by atoms with Gasteiger partial charge in [-0.15, -0.1) is 0 Å². The average molecular weight is 254 g/mol. The molecule has 100 valence electrons. The molecule has 0 amide bonds. The first kappa shape index (κ1) is 14.5. The number of aliphatic hydroxyl groups is 1. The van der Waals surface area contributed by atoms with E-state index in [9.17, 15) is 4.79 Å². The lowest BCUT2D eigenvalue weighted by Crippen LogP contribution is -2.25. The van der Waals surface area contributed by atoms with Gasteiger partial charge in [0.2, 0.25) is 0 Å². The highest BCUT2D eigenvalue weighted by Gasteiger charge is 2.18. The van der Waals surface area contributed by atoms with Gasteiger partial charge in [-0.3, -0.25) is 0 Å². The van der Waals surface area contributed by atoms with Crippen molar-refractivity contribution in [1.29, 1.82) is 0 Å². The Morgan fingerprint density at radius 3 is 2.72 bits per heavy atom. The highest BCUT2D eigenvalue weighted by Crippen LogP contribution is 2.20. The summed E-state index contributed by atoms with van der Waals surface area (Å²) < 4.78 is 10.4. The quantitative estimate of drug-likeness (QED) is 0.679. The molecule has 0 aliphatic heterocycles. The normalized spacial score (nSPS) is 12.1. The molecule has 1 rings (SSSR count). The molecule has 0 aliphatic carbocycles. The predicted molar refractivity (Wildman–Crippen MR) is 65.8 cm³/mol. The number of carboxylic acids is 1. The van der Waals surface area contributed by atoms with Crippen LogP contribution in [0.1, 0.15) is 12.0 Å². The van der Waals surface area contributed by atoms with Crippen molar-refractivity contribution in [3.63, 3.8) is 0 Å². The van der Waals surface area contributed by atoms with E-state index in [-0.39, 0.29) is 13.0 Å². The summed E-state index contributed by atoms with van der Waals surface area (Å²) in [5.41, 5.74) is 0.782. The molecule has 5 nitrogen and oxygen atoms in total. The molecule has 0 fully saturated rings. The Morgan fingerprint density at radius 1 is 1.39 bits per heavy atom. The van der Waals surface area contributed by atoms with Gasteiger partial charge in [-0.05, 0) is 11.6 Å². The van der Waals surface area contributed by atoms with Crippen LogP contribution in [0, 0.1) is 0 Å². The van der Waals surface area contributed by atoms with Crippen molar-refractivity contribution < 1.29 is 24.5 Å². The Hall–Kier alpha value is -1.59. The highest BCUT2D eigenvalue weighted by atomic mass is 16.5. The first-order chi connectivity index (χ1) is 8.69. The average Bonchev–Trinajstić information content (AvgIpc) is 2.37. The number of para-hydroxylation sites is 1. The maximum atomic E-state index is 10.9. The van der Waals surface area contributed by atoms with Crippen LogP contribution in [0.5, 0.6) is 5.75 Å². The van der Waals surface area contributed by atoms with Crippen LogP contribution in [-0.2, 0) is 16.0 Å². The Labute approximate surface area is 106 Å². The number of ether oxygens (including phenoxy) is 2. The summed E-state index contributed by atoms with van der Waals surface area (Å²) in [6.45, 7) is 0.468. The van der Waals surface area contributed by atoms with Crippen LogP contribution >= 0.6 is 0 Å². The summed E-state index contributed by atoms with van der Waals surface area (Å²) in [6, 6.07) is 7.23. The number of hydrogen-bond acceptors (Lipinski definition) is 4. The number of methoxy groups -OCH3 is 1. The van der Waals surface area contributed by atoms with Crippen molar-refractivity contribution in [2.75, 3.05) is 20.3 Å². The van der Waals surface area contributed by atoms with Gasteiger partial charge in [-0.25, -0.2) is 4.79 Å². The molecule has 5 heteroatoms. The number of benzene rings is 1. The zero-order valence-corrected chi connectivity index (χ0v) is 10.3. The first-order valence-corrected chi connectivity index (χ1v) is 5.76. The van der Waals surface area contributed by atoms with E-state index < -0.39 is 12.1 Å². The molecule has 1 atom stereocenters. The summed E-state index contributed by atoms with van der Waals surface area (Å²) in [4.78, 5) is 10.9. The van der Waals surface area contributed by atoms with Crippen LogP contribution in [0.25, 0.3) is 0 Å². The van der Waals surface area contributed by atoms with Gasteiger partial charge < -0.3 is 19.7 Å². The largest absolute Gasteiger partial charge is 0.493 e. The number of hydrogen-bond donors (Lipinski definition) is 2. The molecular weight excluding hydrogens is 236 g/mol. The van der Waals surface area contributed by atoms with Gasteiger partial charge in [0, 0.05) is 26.6 Å². The zero-order valence-electron chi connectivity index (χ0n) is 10.3. The van der Waals surface area contributed by atoms with Crippen molar-refractivity contribution in [2.24, 2.45) is 0 Å². The van der Waals surface area contributed by atoms with E-state index in [1.807, 2.05) is 18.2 Å². The Kier molecular flexibility index (Phi) is 6.18. The number of carbonyl (C=O) groups is 1. The molecule has 18 heavy (non-hydrogen) atoms. The van der Waals surface area contributed by atoms with Crippen LogP contribution in [0.4, 0.5) is 0 Å². The lowest BCUT2D eigenvalue weighted by molar-refractivity contribution is -0.148. The van der Waals surface area contributed by atoms with E-state index >= 15 is 0 Å². The van der Waals surface area contributed by atoms with Crippen molar-refractivity contribution in [3.05, 3.63) is 29.8 Å². The van der Waals surface area contributed by atoms with Gasteiger partial charge in [0.05, 0.1) is 6.61 Å². The minimum atomic E-state index is -0.998. The lowest BCUT2D eigenvalue weighted by atomic mass is 10.1. The van der Waals surface area contributed by atoms with E-state index in [2.05, 4.69) is 0 Å². The highest BCUT2D eigenvalue weighted by molar-refractivity contribution is 5.72. The van der Waals surface area contributed by atoms with E-state index in [1.54, 1.807) is 6.07 Å². The molecule has 0 spiro atoms. The maximum Gasteiger partial charge on any atom is 0.333 e. The summed E-state index contributed by atoms with van der Waals surface area (Å²) >= 11 is 0. The Bertz CT molecular complexity index is 377. The van der Waals surface area contributed by atoms with Gasteiger partial charge in [0.15, 0.2) is 6.10 Å². The van der Waals surface area contributed by atoms with Gasteiger partial charge in [0.1, 0.15) is 5.75 Å². The number of carboxylic acid groups (broad SMARTS) is 1. The molecule has 0 aliphatic rings. The van der Waals surface area contributed by atoms with E-state index in [0.29, 0.717) is 18.8 Å². The van der Waals surface area contributed by atoms with E-state index in [4.69, 9.17) is 19.7 Å². The van der Waals surface area contributed by atoms with Crippen LogP contribution in [0.15, 0.2) is 24.3 Å². The minimum absolute atomic E-state index is 0.0674. The maximum absolute atomic E-state index is 10.9. The monoisotopic (exact) mass is 254 g/mol. The fourth-order valence-corrected chi connectivity index (χ4v) is 1.53. The number of aliphatic carboxylic acids is 1. The Morgan fingerprint density at radius 2 is 2.11 bits per heavy atom. The van der Waals surface area contributed by atoms with Crippen LogP contribution < -0.4 is 4.74 Å². The van der Waals surface area contributed by atoms with Crippen molar-refractivity contribution in [3.8, 4) is 5.75 Å².